The highest BCUT2D eigenvalue weighted by atomic mass is 16.4. The first-order chi connectivity index (χ1) is 9.49. The van der Waals surface area contributed by atoms with Crippen molar-refractivity contribution >= 4 is 11.9 Å². The predicted molar refractivity (Wildman–Crippen MR) is 78.7 cm³/mol. The SMILES string of the molecule is CC=C(C(=O)O)C(C(=O)O)C1CCCC1.CCNCC. The van der Waals surface area contributed by atoms with Crippen molar-refractivity contribution in [2.45, 2.75) is 46.5 Å². The molecule has 0 bridgehead atoms. The van der Waals surface area contributed by atoms with Crippen LogP contribution >= 0.6 is 0 Å². The summed E-state index contributed by atoms with van der Waals surface area (Å²) in [6.07, 6.45) is 5.05. The predicted octanol–water partition coefficient (Wildman–Crippen LogP) is 2.52. The summed E-state index contributed by atoms with van der Waals surface area (Å²) in [6.45, 7) is 7.97. The Morgan fingerprint density at radius 1 is 1.20 bits per heavy atom. The molecular weight excluding hydrogens is 258 g/mol. The second kappa shape index (κ2) is 10.4. The van der Waals surface area contributed by atoms with E-state index in [1.165, 1.54) is 6.08 Å². The molecule has 1 fully saturated rings. The number of rotatable bonds is 6. The molecule has 0 aromatic carbocycles. The fourth-order valence-corrected chi connectivity index (χ4v) is 2.57. The molecule has 0 spiro atoms. The maximum absolute atomic E-state index is 11.1. The molecule has 20 heavy (non-hydrogen) atoms. The third-order valence-corrected chi connectivity index (χ3v) is 3.53. The van der Waals surface area contributed by atoms with Gasteiger partial charge in [0.2, 0.25) is 0 Å². The molecule has 1 unspecified atom stereocenters. The van der Waals surface area contributed by atoms with Gasteiger partial charge in [-0.05, 0) is 38.8 Å². The highest BCUT2D eigenvalue weighted by Gasteiger charge is 2.35. The second-order valence-corrected chi connectivity index (χ2v) is 4.87. The minimum Gasteiger partial charge on any atom is -0.481 e. The highest BCUT2D eigenvalue weighted by Crippen LogP contribution is 2.35. The van der Waals surface area contributed by atoms with Crippen LogP contribution in [0.5, 0.6) is 0 Å². The van der Waals surface area contributed by atoms with Gasteiger partial charge in [-0.3, -0.25) is 4.79 Å². The normalized spacial score (nSPS) is 17.2. The van der Waals surface area contributed by atoms with E-state index >= 15 is 0 Å². The Morgan fingerprint density at radius 2 is 1.70 bits per heavy atom. The zero-order valence-corrected chi connectivity index (χ0v) is 12.7. The molecule has 1 saturated carbocycles. The van der Waals surface area contributed by atoms with Gasteiger partial charge in [-0.25, -0.2) is 4.79 Å². The smallest absolute Gasteiger partial charge is 0.332 e. The van der Waals surface area contributed by atoms with Crippen molar-refractivity contribution in [3.63, 3.8) is 0 Å². The van der Waals surface area contributed by atoms with E-state index < -0.39 is 17.9 Å². The van der Waals surface area contributed by atoms with Gasteiger partial charge in [-0.15, -0.1) is 0 Å². The van der Waals surface area contributed by atoms with Crippen molar-refractivity contribution in [1.29, 1.82) is 0 Å². The Balaban J connectivity index is 0.000000621. The standard InChI is InChI=1S/C11H16O4.C4H11N/c1-2-8(10(12)13)9(11(14)15)7-5-3-4-6-7;1-3-5-4-2/h2,7,9H,3-6H2,1H3,(H,12,13)(H,14,15);5H,3-4H2,1-2H3. The first-order valence-electron chi connectivity index (χ1n) is 7.32. The summed E-state index contributed by atoms with van der Waals surface area (Å²) < 4.78 is 0. The van der Waals surface area contributed by atoms with Crippen LogP contribution in [-0.4, -0.2) is 35.2 Å². The first-order valence-corrected chi connectivity index (χ1v) is 7.32. The molecule has 1 rings (SSSR count). The van der Waals surface area contributed by atoms with Gasteiger partial charge in [0, 0.05) is 5.57 Å². The largest absolute Gasteiger partial charge is 0.481 e. The molecule has 0 heterocycles. The van der Waals surface area contributed by atoms with E-state index in [0.29, 0.717) is 0 Å². The van der Waals surface area contributed by atoms with E-state index in [9.17, 15) is 9.59 Å². The molecule has 1 aliphatic carbocycles. The Morgan fingerprint density at radius 3 is 1.95 bits per heavy atom. The number of nitrogens with one attached hydrogen (secondary N) is 1. The quantitative estimate of drug-likeness (QED) is 0.653. The number of carboxylic acid groups (broad SMARTS) is 2. The molecule has 0 aromatic rings. The zero-order valence-electron chi connectivity index (χ0n) is 12.7. The molecule has 3 N–H and O–H groups in total. The lowest BCUT2D eigenvalue weighted by Gasteiger charge is -2.19. The maximum Gasteiger partial charge on any atom is 0.332 e. The van der Waals surface area contributed by atoms with Crippen molar-refractivity contribution in [3.8, 4) is 0 Å². The Kier molecular flexibility index (Phi) is 9.72. The Labute approximate surface area is 121 Å². The molecule has 5 heteroatoms. The number of hydrogen-bond donors (Lipinski definition) is 3. The van der Waals surface area contributed by atoms with Gasteiger partial charge in [0.1, 0.15) is 0 Å². The molecule has 1 atom stereocenters. The summed E-state index contributed by atoms with van der Waals surface area (Å²) in [5.41, 5.74) is 0.0226. The summed E-state index contributed by atoms with van der Waals surface area (Å²) >= 11 is 0. The minimum absolute atomic E-state index is 0.00944. The average Bonchev–Trinajstić information content (AvgIpc) is 2.89. The lowest BCUT2D eigenvalue weighted by molar-refractivity contribution is -0.145. The van der Waals surface area contributed by atoms with Crippen molar-refractivity contribution in [2.24, 2.45) is 11.8 Å². The molecule has 0 amide bonds. The Hall–Kier alpha value is -1.36. The third-order valence-electron chi connectivity index (χ3n) is 3.53. The van der Waals surface area contributed by atoms with Crippen LogP contribution in [0.4, 0.5) is 0 Å². The number of hydrogen-bond acceptors (Lipinski definition) is 3. The van der Waals surface area contributed by atoms with Crippen LogP contribution in [0.15, 0.2) is 11.6 Å². The molecular formula is C15H27NO4. The van der Waals surface area contributed by atoms with E-state index in [4.69, 9.17) is 10.2 Å². The summed E-state index contributed by atoms with van der Waals surface area (Å²) in [7, 11) is 0. The fourth-order valence-electron chi connectivity index (χ4n) is 2.57. The van der Waals surface area contributed by atoms with E-state index in [2.05, 4.69) is 19.2 Å². The van der Waals surface area contributed by atoms with Crippen LogP contribution in [0, 0.1) is 11.8 Å². The monoisotopic (exact) mass is 285 g/mol. The lowest BCUT2D eigenvalue weighted by Crippen LogP contribution is -2.27. The molecule has 0 saturated heterocycles. The Bertz CT molecular complexity index is 331. The van der Waals surface area contributed by atoms with E-state index in [1.54, 1.807) is 6.92 Å². The zero-order chi connectivity index (χ0) is 15.5. The molecule has 5 nitrogen and oxygen atoms in total. The van der Waals surface area contributed by atoms with Gasteiger partial charge in [0.15, 0.2) is 0 Å². The number of carboxylic acids is 2. The second-order valence-electron chi connectivity index (χ2n) is 4.87. The van der Waals surface area contributed by atoms with Gasteiger partial charge >= 0.3 is 11.9 Å². The van der Waals surface area contributed by atoms with Crippen molar-refractivity contribution in [2.75, 3.05) is 13.1 Å². The molecule has 0 aliphatic heterocycles. The van der Waals surface area contributed by atoms with Crippen LogP contribution < -0.4 is 5.32 Å². The van der Waals surface area contributed by atoms with E-state index in [1.807, 2.05) is 0 Å². The van der Waals surface area contributed by atoms with Gasteiger partial charge in [0.05, 0.1) is 5.92 Å². The van der Waals surface area contributed by atoms with Crippen LogP contribution in [0.1, 0.15) is 46.5 Å². The van der Waals surface area contributed by atoms with Crippen LogP contribution in [-0.2, 0) is 9.59 Å². The topological polar surface area (TPSA) is 86.6 Å². The fraction of sp³-hybridized carbons (Fsp3) is 0.733. The lowest BCUT2D eigenvalue weighted by atomic mass is 9.84. The van der Waals surface area contributed by atoms with Crippen LogP contribution in [0.25, 0.3) is 0 Å². The van der Waals surface area contributed by atoms with E-state index in [-0.39, 0.29) is 11.5 Å². The summed E-state index contributed by atoms with van der Waals surface area (Å²) in [4.78, 5) is 22.0. The summed E-state index contributed by atoms with van der Waals surface area (Å²) in [5, 5.41) is 21.1. The number of carbonyl (C=O) groups is 2. The third kappa shape index (κ3) is 6.19. The van der Waals surface area contributed by atoms with Gasteiger partial charge < -0.3 is 15.5 Å². The molecule has 1 aliphatic rings. The highest BCUT2D eigenvalue weighted by molar-refractivity contribution is 5.93. The maximum atomic E-state index is 11.1. The van der Waals surface area contributed by atoms with Crippen molar-refractivity contribution in [1.82, 2.24) is 5.32 Å². The first kappa shape index (κ1) is 18.6. The van der Waals surface area contributed by atoms with Crippen LogP contribution in [0.3, 0.4) is 0 Å². The summed E-state index contributed by atoms with van der Waals surface area (Å²) in [6, 6.07) is 0. The van der Waals surface area contributed by atoms with Gasteiger partial charge in [0.25, 0.3) is 0 Å². The van der Waals surface area contributed by atoms with E-state index in [0.717, 1.165) is 38.8 Å². The van der Waals surface area contributed by atoms with Gasteiger partial charge in [-0.1, -0.05) is 32.8 Å². The number of allylic oxidation sites excluding steroid dienone is 1. The summed E-state index contributed by atoms with van der Waals surface area (Å²) in [5.74, 6) is -2.98. The van der Waals surface area contributed by atoms with Gasteiger partial charge in [-0.2, -0.15) is 0 Å². The van der Waals surface area contributed by atoms with Crippen molar-refractivity contribution in [3.05, 3.63) is 11.6 Å². The van der Waals surface area contributed by atoms with Crippen molar-refractivity contribution < 1.29 is 19.8 Å². The number of aliphatic carboxylic acids is 2. The average molecular weight is 285 g/mol. The minimum atomic E-state index is -1.11. The molecule has 0 aromatic heterocycles. The van der Waals surface area contributed by atoms with Crippen LogP contribution in [0.2, 0.25) is 0 Å². The molecule has 116 valence electrons. The molecule has 0 radical (unpaired) electrons.